The molecular formula is C18H24N4. The van der Waals surface area contributed by atoms with E-state index in [-0.39, 0.29) is 0 Å². The van der Waals surface area contributed by atoms with Crippen molar-refractivity contribution in [3.05, 3.63) is 41.6 Å². The fourth-order valence-corrected chi connectivity index (χ4v) is 2.79. The first kappa shape index (κ1) is 15.0. The molecule has 0 saturated carbocycles. The Bertz CT molecular complexity index is 628. The molecule has 0 bridgehead atoms. The predicted octanol–water partition coefficient (Wildman–Crippen LogP) is 2.94. The SMILES string of the molecule is CCc1cc(N2CCC(N)CC2)nc(-c2ccc(C)cc2)n1. The van der Waals surface area contributed by atoms with E-state index in [1.54, 1.807) is 0 Å². The van der Waals surface area contributed by atoms with Gasteiger partial charge in [-0.3, -0.25) is 0 Å². The van der Waals surface area contributed by atoms with Crippen LogP contribution in [-0.4, -0.2) is 29.1 Å². The molecular weight excluding hydrogens is 272 g/mol. The highest BCUT2D eigenvalue weighted by molar-refractivity contribution is 5.58. The molecule has 1 aromatic carbocycles. The van der Waals surface area contributed by atoms with Crippen molar-refractivity contribution in [2.24, 2.45) is 5.73 Å². The zero-order valence-corrected chi connectivity index (χ0v) is 13.4. The first-order valence-electron chi connectivity index (χ1n) is 8.11. The van der Waals surface area contributed by atoms with Crippen LogP contribution in [0.4, 0.5) is 5.82 Å². The lowest BCUT2D eigenvalue weighted by atomic mass is 10.1. The Morgan fingerprint density at radius 3 is 2.45 bits per heavy atom. The van der Waals surface area contributed by atoms with Crippen molar-refractivity contribution in [3.8, 4) is 11.4 Å². The van der Waals surface area contributed by atoms with Crippen molar-refractivity contribution in [1.82, 2.24) is 9.97 Å². The summed E-state index contributed by atoms with van der Waals surface area (Å²) in [5.74, 6) is 1.86. The maximum Gasteiger partial charge on any atom is 0.161 e. The third-order valence-electron chi connectivity index (χ3n) is 4.30. The van der Waals surface area contributed by atoms with Gasteiger partial charge in [-0.1, -0.05) is 36.8 Å². The summed E-state index contributed by atoms with van der Waals surface area (Å²) in [5.41, 5.74) is 9.43. The highest BCUT2D eigenvalue weighted by Crippen LogP contribution is 2.23. The number of piperidine rings is 1. The molecule has 0 radical (unpaired) electrons. The second-order valence-electron chi connectivity index (χ2n) is 6.09. The minimum atomic E-state index is 0.334. The van der Waals surface area contributed by atoms with Crippen LogP contribution >= 0.6 is 0 Å². The molecule has 2 aromatic rings. The largest absolute Gasteiger partial charge is 0.356 e. The Kier molecular flexibility index (Phi) is 4.39. The molecule has 0 atom stereocenters. The minimum absolute atomic E-state index is 0.334. The van der Waals surface area contributed by atoms with Gasteiger partial charge in [0.05, 0.1) is 0 Å². The molecule has 0 spiro atoms. The molecule has 1 aromatic heterocycles. The number of nitrogens with two attached hydrogens (primary N) is 1. The second kappa shape index (κ2) is 6.44. The Balaban J connectivity index is 1.94. The molecule has 22 heavy (non-hydrogen) atoms. The highest BCUT2D eigenvalue weighted by atomic mass is 15.2. The third-order valence-corrected chi connectivity index (χ3v) is 4.30. The van der Waals surface area contributed by atoms with Gasteiger partial charge in [0.25, 0.3) is 0 Å². The number of hydrogen-bond acceptors (Lipinski definition) is 4. The number of anilines is 1. The van der Waals surface area contributed by atoms with Crippen LogP contribution in [0.15, 0.2) is 30.3 Å². The first-order valence-corrected chi connectivity index (χ1v) is 8.11. The Hall–Kier alpha value is -1.94. The molecule has 4 nitrogen and oxygen atoms in total. The zero-order chi connectivity index (χ0) is 15.5. The molecule has 0 unspecified atom stereocenters. The van der Waals surface area contributed by atoms with Crippen LogP contribution in [0.25, 0.3) is 11.4 Å². The summed E-state index contributed by atoms with van der Waals surface area (Å²) in [6.45, 7) is 6.19. The lowest BCUT2D eigenvalue weighted by Gasteiger charge is -2.31. The highest BCUT2D eigenvalue weighted by Gasteiger charge is 2.18. The van der Waals surface area contributed by atoms with Gasteiger partial charge < -0.3 is 10.6 Å². The second-order valence-corrected chi connectivity index (χ2v) is 6.09. The molecule has 0 amide bonds. The van der Waals surface area contributed by atoms with Crippen LogP contribution in [0.2, 0.25) is 0 Å². The van der Waals surface area contributed by atoms with Crippen molar-refractivity contribution >= 4 is 5.82 Å². The summed E-state index contributed by atoms with van der Waals surface area (Å²) in [6, 6.07) is 10.9. The van der Waals surface area contributed by atoms with Crippen LogP contribution in [0.1, 0.15) is 31.0 Å². The zero-order valence-electron chi connectivity index (χ0n) is 13.4. The van der Waals surface area contributed by atoms with Gasteiger partial charge in [0.15, 0.2) is 5.82 Å². The van der Waals surface area contributed by atoms with E-state index in [1.807, 2.05) is 0 Å². The average molecular weight is 296 g/mol. The molecule has 1 aliphatic heterocycles. The van der Waals surface area contributed by atoms with Gasteiger partial charge in [-0.25, -0.2) is 9.97 Å². The molecule has 116 valence electrons. The van der Waals surface area contributed by atoms with E-state index in [9.17, 15) is 0 Å². The summed E-state index contributed by atoms with van der Waals surface area (Å²) >= 11 is 0. The summed E-state index contributed by atoms with van der Waals surface area (Å²) in [7, 11) is 0. The summed E-state index contributed by atoms with van der Waals surface area (Å²) < 4.78 is 0. The van der Waals surface area contributed by atoms with Crippen molar-refractivity contribution in [3.63, 3.8) is 0 Å². The predicted molar refractivity (Wildman–Crippen MR) is 91.0 cm³/mol. The van der Waals surface area contributed by atoms with Gasteiger partial charge in [0, 0.05) is 36.5 Å². The Morgan fingerprint density at radius 2 is 1.82 bits per heavy atom. The van der Waals surface area contributed by atoms with E-state index in [2.05, 4.69) is 49.1 Å². The number of hydrogen-bond donors (Lipinski definition) is 1. The van der Waals surface area contributed by atoms with E-state index in [1.165, 1.54) is 5.56 Å². The smallest absolute Gasteiger partial charge is 0.161 e. The lowest BCUT2D eigenvalue weighted by molar-refractivity contribution is 0.498. The molecule has 1 aliphatic rings. The van der Waals surface area contributed by atoms with Crippen LogP contribution in [0.5, 0.6) is 0 Å². The standard InChI is InChI=1S/C18H24N4/c1-3-16-12-17(22-10-8-15(19)9-11-22)21-18(20-16)14-6-4-13(2)5-7-14/h4-7,12,15H,3,8-11,19H2,1-2H3. The van der Waals surface area contributed by atoms with Crippen LogP contribution in [-0.2, 0) is 6.42 Å². The normalized spacial score (nSPS) is 16.0. The maximum absolute atomic E-state index is 6.01. The number of nitrogens with zero attached hydrogens (tertiary/aromatic N) is 3. The molecule has 1 fully saturated rings. The van der Waals surface area contributed by atoms with E-state index in [0.717, 1.165) is 55.3 Å². The van der Waals surface area contributed by atoms with Gasteiger partial charge in [-0.05, 0) is 26.2 Å². The van der Waals surface area contributed by atoms with Gasteiger partial charge in [-0.15, -0.1) is 0 Å². The van der Waals surface area contributed by atoms with E-state index < -0.39 is 0 Å². The fourth-order valence-electron chi connectivity index (χ4n) is 2.79. The molecule has 2 N–H and O–H groups in total. The average Bonchev–Trinajstić information content (AvgIpc) is 2.55. The maximum atomic E-state index is 6.01. The Morgan fingerprint density at radius 1 is 1.14 bits per heavy atom. The minimum Gasteiger partial charge on any atom is -0.356 e. The van der Waals surface area contributed by atoms with E-state index in [0.29, 0.717) is 6.04 Å². The van der Waals surface area contributed by atoms with Crippen molar-refractivity contribution in [1.29, 1.82) is 0 Å². The van der Waals surface area contributed by atoms with Gasteiger partial charge >= 0.3 is 0 Å². The van der Waals surface area contributed by atoms with Crippen molar-refractivity contribution in [2.45, 2.75) is 39.2 Å². The number of aromatic nitrogens is 2. The van der Waals surface area contributed by atoms with Gasteiger partial charge in [0.1, 0.15) is 5.82 Å². The van der Waals surface area contributed by atoms with E-state index >= 15 is 0 Å². The van der Waals surface area contributed by atoms with Crippen molar-refractivity contribution in [2.75, 3.05) is 18.0 Å². The summed E-state index contributed by atoms with van der Waals surface area (Å²) in [4.78, 5) is 11.8. The van der Waals surface area contributed by atoms with Crippen LogP contribution < -0.4 is 10.6 Å². The van der Waals surface area contributed by atoms with Crippen LogP contribution in [0, 0.1) is 6.92 Å². The molecule has 4 heteroatoms. The number of aryl methyl sites for hydroxylation is 2. The molecule has 3 rings (SSSR count). The summed E-state index contributed by atoms with van der Waals surface area (Å²) in [6.07, 6.45) is 2.98. The summed E-state index contributed by atoms with van der Waals surface area (Å²) in [5, 5.41) is 0. The van der Waals surface area contributed by atoms with Gasteiger partial charge in [-0.2, -0.15) is 0 Å². The molecule has 2 heterocycles. The first-order chi connectivity index (χ1) is 10.7. The quantitative estimate of drug-likeness (QED) is 0.946. The van der Waals surface area contributed by atoms with Gasteiger partial charge in [0.2, 0.25) is 0 Å². The fraction of sp³-hybridized carbons (Fsp3) is 0.444. The molecule has 0 aliphatic carbocycles. The topological polar surface area (TPSA) is 55.0 Å². The monoisotopic (exact) mass is 296 g/mol. The number of benzene rings is 1. The molecule has 1 saturated heterocycles. The van der Waals surface area contributed by atoms with Crippen LogP contribution in [0.3, 0.4) is 0 Å². The number of rotatable bonds is 3. The third kappa shape index (κ3) is 3.28. The lowest BCUT2D eigenvalue weighted by Crippen LogP contribution is -2.40. The van der Waals surface area contributed by atoms with E-state index in [4.69, 9.17) is 15.7 Å². The van der Waals surface area contributed by atoms with Crippen molar-refractivity contribution < 1.29 is 0 Å². The Labute approximate surface area is 132 Å².